The SMILES string of the molecule is CNC(C)(CCSc1nc(C)co1)C(N)=O. The predicted molar refractivity (Wildman–Crippen MR) is 63.2 cm³/mol. The summed E-state index contributed by atoms with van der Waals surface area (Å²) in [6.07, 6.45) is 2.23. The molecule has 0 aliphatic rings. The van der Waals surface area contributed by atoms with Crippen molar-refractivity contribution in [2.45, 2.75) is 31.0 Å². The molecule has 1 unspecified atom stereocenters. The standard InChI is InChI=1S/C10H17N3O2S/c1-7-6-15-9(13-7)16-5-4-10(2,12-3)8(11)14/h6,12H,4-5H2,1-3H3,(H2,11,14). The van der Waals surface area contributed by atoms with Crippen molar-refractivity contribution in [3.05, 3.63) is 12.0 Å². The lowest BCUT2D eigenvalue weighted by molar-refractivity contribution is -0.123. The number of hydrogen-bond donors (Lipinski definition) is 2. The smallest absolute Gasteiger partial charge is 0.255 e. The molecular formula is C10H17N3O2S. The van der Waals surface area contributed by atoms with Crippen LogP contribution < -0.4 is 11.1 Å². The van der Waals surface area contributed by atoms with Crippen molar-refractivity contribution in [3.8, 4) is 0 Å². The van der Waals surface area contributed by atoms with Gasteiger partial charge in [-0.05, 0) is 27.3 Å². The van der Waals surface area contributed by atoms with E-state index < -0.39 is 5.54 Å². The average molecular weight is 243 g/mol. The molecule has 1 aromatic heterocycles. The zero-order chi connectivity index (χ0) is 12.2. The number of nitrogens with one attached hydrogen (secondary N) is 1. The van der Waals surface area contributed by atoms with Crippen LogP contribution in [0.25, 0.3) is 0 Å². The van der Waals surface area contributed by atoms with Gasteiger partial charge in [0.15, 0.2) is 0 Å². The van der Waals surface area contributed by atoms with E-state index in [0.717, 1.165) is 11.4 Å². The molecule has 0 bridgehead atoms. The summed E-state index contributed by atoms with van der Waals surface area (Å²) in [5, 5.41) is 3.56. The first-order chi connectivity index (χ1) is 7.48. The van der Waals surface area contributed by atoms with E-state index in [4.69, 9.17) is 10.2 Å². The second-order valence-corrected chi connectivity index (χ2v) is 4.85. The zero-order valence-electron chi connectivity index (χ0n) is 9.74. The van der Waals surface area contributed by atoms with Crippen LogP contribution in [0.3, 0.4) is 0 Å². The first kappa shape index (κ1) is 13.1. The fourth-order valence-electron chi connectivity index (χ4n) is 1.11. The van der Waals surface area contributed by atoms with Crippen molar-refractivity contribution >= 4 is 17.7 Å². The summed E-state index contributed by atoms with van der Waals surface area (Å²) in [7, 11) is 1.73. The van der Waals surface area contributed by atoms with E-state index in [1.165, 1.54) is 11.8 Å². The Morgan fingerprint density at radius 1 is 1.75 bits per heavy atom. The maximum absolute atomic E-state index is 11.2. The molecule has 1 rings (SSSR count). The molecule has 16 heavy (non-hydrogen) atoms. The minimum absolute atomic E-state index is 0.348. The summed E-state index contributed by atoms with van der Waals surface area (Å²) < 4.78 is 5.19. The summed E-state index contributed by atoms with van der Waals surface area (Å²) in [4.78, 5) is 15.4. The Labute approximate surface area is 99.2 Å². The summed E-state index contributed by atoms with van der Waals surface area (Å²) in [5.41, 5.74) is 5.50. The van der Waals surface area contributed by atoms with Gasteiger partial charge in [-0.3, -0.25) is 4.79 Å². The van der Waals surface area contributed by atoms with Gasteiger partial charge in [0.05, 0.1) is 11.2 Å². The molecule has 0 saturated heterocycles. The van der Waals surface area contributed by atoms with E-state index in [9.17, 15) is 4.79 Å². The van der Waals surface area contributed by atoms with Crippen LogP contribution in [0.1, 0.15) is 19.0 Å². The van der Waals surface area contributed by atoms with Gasteiger partial charge in [0.2, 0.25) is 5.91 Å². The number of carbonyl (C=O) groups excluding carboxylic acids is 1. The molecule has 0 aliphatic heterocycles. The molecule has 0 spiro atoms. The van der Waals surface area contributed by atoms with Gasteiger partial charge in [-0.2, -0.15) is 0 Å². The van der Waals surface area contributed by atoms with E-state index >= 15 is 0 Å². The van der Waals surface area contributed by atoms with E-state index in [-0.39, 0.29) is 5.91 Å². The molecule has 6 heteroatoms. The normalized spacial score (nSPS) is 14.7. The van der Waals surface area contributed by atoms with Crippen LogP contribution >= 0.6 is 11.8 Å². The Morgan fingerprint density at radius 2 is 2.44 bits per heavy atom. The molecule has 0 radical (unpaired) electrons. The Bertz CT molecular complexity index is 367. The molecule has 1 amide bonds. The second kappa shape index (κ2) is 5.36. The highest BCUT2D eigenvalue weighted by Crippen LogP contribution is 2.21. The maximum Gasteiger partial charge on any atom is 0.255 e. The highest BCUT2D eigenvalue weighted by atomic mass is 32.2. The first-order valence-corrected chi connectivity index (χ1v) is 6.00. The lowest BCUT2D eigenvalue weighted by Crippen LogP contribution is -2.51. The highest BCUT2D eigenvalue weighted by molar-refractivity contribution is 7.99. The number of amides is 1. The lowest BCUT2D eigenvalue weighted by atomic mass is 9.99. The third-order valence-electron chi connectivity index (χ3n) is 2.52. The molecule has 5 nitrogen and oxygen atoms in total. The lowest BCUT2D eigenvalue weighted by Gasteiger charge is -2.24. The van der Waals surface area contributed by atoms with Crippen LogP contribution in [0.4, 0.5) is 0 Å². The number of aryl methyl sites for hydroxylation is 1. The molecule has 1 atom stereocenters. The van der Waals surface area contributed by atoms with E-state index in [1.54, 1.807) is 20.2 Å². The van der Waals surface area contributed by atoms with Crippen LogP contribution in [0.5, 0.6) is 0 Å². The molecule has 90 valence electrons. The maximum atomic E-state index is 11.2. The number of primary amides is 1. The molecule has 0 saturated carbocycles. The van der Waals surface area contributed by atoms with Crippen molar-refractivity contribution in [2.75, 3.05) is 12.8 Å². The summed E-state index contributed by atoms with van der Waals surface area (Å²) >= 11 is 1.48. The summed E-state index contributed by atoms with van der Waals surface area (Å²) in [6, 6.07) is 0. The van der Waals surface area contributed by atoms with Crippen molar-refractivity contribution in [3.63, 3.8) is 0 Å². The average Bonchev–Trinajstić information content (AvgIpc) is 2.63. The number of likely N-dealkylation sites (N-methyl/N-ethyl adjacent to an activating group) is 1. The molecule has 0 aromatic carbocycles. The number of aromatic nitrogens is 1. The number of carbonyl (C=O) groups is 1. The van der Waals surface area contributed by atoms with Gasteiger partial charge >= 0.3 is 0 Å². The molecular weight excluding hydrogens is 226 g/mol. The molecule has 3 N–H and O–H groups in total. The third-order valence-corrected chi connectivity index (χ3v) is 3.36. The second-order valence-electron chi connectivity index (χ2n) is 3.80. The Kier molecular flexibility index (Phi) is 4.37. The van der Waals surface area contributed by atoms with Crippen molar-refractivity contribution in [2.24, 2.45) is 5.73 Å². The van der Waals surface area contributed by atoms with E-state index in [0.29, 0.717) is 11.6 Å². The Hall–Kier alpha value is -1.01. The largest absolute Gasteiger partial charge is 0.440 e. The number of nitrogens with two attached hydrogens (primary N) is 1. The van der Waals surface area contributed by atoms with Gasteiger partial charge in [-0.1, -0.05) is 11.8 Å². The van der Waals surface area contributed by atoms with Crippen LogP contribution in [0.15, 0.2) is 15.9 Å². The van der Waals surface area contributed by atoms with Gasteiger partial charge in [0, 0.05) is 5.75 Å². The van der Waals surface area contributed by atoms with Crippen LogP contribution in [-0.2, 0) is 4.79 Å². The fraction of sp³-hybridized carbons (Fsp3) is 0.600. The van der Waals surface area contributed by atoms with E-state index in [2.05, 4.69) is 10.3 Å². The first-order valence-electron chi connectivity index (χ1n) is 5.01. The van der Waals surface area contributed by atoms with E-state index in [1.807, 2.05) is 6.92 Å². The minimum Gasteiger partial charge on any atom is -0.440 e. The monoisotopic (exact) mass is 243 g/mol. The van der Waals surface area contributed by atoms with Gasteiger partial charge in [0.25, 0.3) is 5.22 Å². The van der Waals surface area contributed by atoms with Gasteiger partial charge in [-0.25, -0.2) is 4.98 Å². The summed E-state index contributed by atoms with van der Waals surface area (Å²) in [5.74, 6) is 0.374. The number of oxazole rings is 1. The molecule has 1 heterocycles. The number of thioether (sulfide) groups is 1. The fourth-order valence-corrected chi connectivity index (χ4v) is 2.12. The molecule has 1 aromatic rings. The van der Waals surface area contributed by atoms with Crippen LogP contribution in [-0.4, -0.2) is 29.2 Å². The van der Waals surface area contributed by atoms with Gasteiger partial charge < -0.3 is 15.5 Å². The quantitative estimate of drug-likeness (QED) is 0.726. The Balaban J connectivity index is 2.43. The topological polar surface area (TPSA) is 81.2 Å². The van der Waals surface area contributed by atoms with Crippen molar-refractivity contribution in [1.29, 1.82) is 0 Å². The van der Waals surface area contributed by atoms with Gasteiger partial charge in [0.1, 0.15) is 6.26 Å². The number of hydrogen-bond acceptors (Lipinski definition) is 5. The highest BCUT2D eigenvalue weighted by Gasteiger charge is 2.28. The summed E-state index contributed by atoms with van der Waals surface area (Å²) in [6.45, 7) is 3.66. The number of nitrogens with zero attached hydrogens (tertiary/aromatic N) is 1. The minimum atomic E-state index is -0.672. The number of rotatable bonds is 6. The molecule has 0 fully saturated rings. The zero-order valence-corrected chi connectivity index (χ0v) is 10.6. The third kappa shape index (κ3) is 3.24. The predicted octanol–water partition coefficient (Wildman–Crippen LogP) is 0.929. The molecule has 0 aliphatic carbocycles. The van der Waals surface area contributed by atoms with Gasteiger partial charge in [-0.15, -0.1) is 0 Å². The van der Waals surface area contributed by atoms with Crippen molar-refractivity contribution < 1.29 is 9.21 Å². The van der Waals surface area contributed by atoms with Crippen LogP contribution in [0.2, 0.25) is 0 Å². The Morgan fingerprint density at radius 3 is 2.88 bits per heavy atom. The van der Waals surface area contributed by atoms with Crippen molar-refractivity contribution in [1.82, 2.24) is 10.3 Å². The van der Waals surface area contributed by atoms with Crippen LogP contribution in [0, 0.1) is 6.92 Å².